The van der Waals surface area contributed by atoms with Crippen molar-refractivity contribution in [2.45, 2.75) is 41.7 Å². The third-order valence-electron chi connectivity index (χ3n) is 2.87. The van der Waals surface area contributed by atoms with E-state index < -0.39 is 5.54 Å². The molecular formula is C8H14N2OS. The lowest BCUT2D eigenvalue weighted by Crippen LogP contribution is -2.55. The van der Waals surface area contributed by atoms with Gasteiger partial charge in [-0.2, -0.15) is 11.8 Å². The van der Waals surface area contributed by atoms with Gasteiger partial charge in [-0.15, -0.1) is 0 Å². The van der Waals surface area contributed by atoms with Crippen molar-refractivity contribution < 1.29 is 4.79 Å². The maximum absolute atomic E-state index is 11.1. The lowest BCUT2D eigenvalue weighted by molar-refractivity contribution is -0.123. The number of primary amides is 1. The number of hydrogen-bond donors (Lipinski definition) is 2. The molecule has 2 aliphatic rings. The molecule has 0 aliphatic carbocycles. The monoisotopic (exact) mass is 186 g/mol. The summed E-state index contributed by atoms with van der Waals surface area (Å²) in [6, 6.07) is 0. The Bertz CT molecular complexity index is 207. The summed E-state index contributed by atoms with van der Waals surface area (Å²) in [7, 11) is 0. The quantitative estimate of drug-likeness (QED) is 0.616. The molecule has 12 heavy (non-hydrogen) atoms. The van der Waals surface area contributed by atoms with Gasteiger partial charge in [0.15, 0.2) is 0 Å². The molecule has 1 amide bonds. The third-order valence-corrected chi connectivity index (χ3v) is 4.44. The van der Waals surface area contributed by atoms with Crippen molar-refractivity contribution in [3.05, 3.63) is 0 Å². The van der Waals surface area contributed by atoms with Gasteiger partial charge in [0.1, 0.15) is 0 Å². The molecule has 0 saturated carbocycles. The molecule has 4 N–H and O–H groups in total. The number of fused-ring (bicyclic) bond motifs is 2. The third kappa shape index (κ3) is 1.23. The number of nitrogens with two attached hydrogens (primary N) is 2. The highest BCUT2D eigenvalue weighted by molar-refractivity contribution is 8.00. The van der Waals surface area contributed by atoms with E-state index in [1.54, 1.807) is 0 Å². The molecule has 0 spiro atoms. The minimum atomic E-state index is -0.697. The van der Waals surface area contributed by atoms with Crippen LogP contribution < -0.4 is 11.5 Å². The van der Waals surface area contributed by atoms with Crippen LogP contribution in [0.5, 0.6) is 0 Å². The fourth-order valence-electron chi connectivity index (χ4n) is 2.18. The van der Waals surface area contributed by atoms with E-state index in [0.717, 1.165) is 12.8 Å². The first kappa shape index (κ1) is 8.38. The molecule has 2 atom stereocenters. The van der Waals surface area contributed by atoms with Crippen LogP contribution in [-0.2, 0) is 4.79 Å². The summed E-state index contributed by atoms with van der Waals surface area (Å²) in [6.45, 7) is 0. The fourth-order valence-corrected chi connectivity index (χ4v) is 4.05. The van der Waals surface area contributed by atoms with Gasteiger partial charge >= 0.3 is 0 Å². The number of amides is 1. The highest BCUT2D eigenvalue weighted by atomic mass is 32.2. The van der Waals surface area contributed by atoms with Crippen LogP contribution in [0.1, 0.15) is 25.7 Å². The van der Waals surface area contributed by atoms with Crippen LogP contribution in [-0.4, -0.2) is 21.9 Å². The molecule has 0 aromatic carbocycles. The van der Waals surface area contributed by atoms with E-state index in [9.17, 15) is 4.79 Å². The van der Waals surface area contributed by atoms with Crippen LogP contribution >= 0.6 is 11.8 Å². The first-order chi connectivity index (χ1) is 5.60. The van der Waals surface area contributed by atoms with E-state index in [1.165, 1.54) is 12.8 Å². The van der Waals surface area contributed by atoms with Crippen LogP contribution in [0, 0.1) is 0 Å². The molecule has 2 rings (SSSR count). The van der Waals surface area contributed by atoms with Gasteiger partial charge in [0.25, 0.3) is 0 Å². The molecule has 0 radical (unpaired) electrons. The standard InChI is InChI=1S/C8H14N2OS/c9-7(11)8(10)3-5-1-2-6(4-8)12-5/h5-6H,1-4,10H2,(H2,9,11). The van der Waals surface area contributed by atoms with Gasteiger partial charge in [-0.05, 0) is 25.7 Å². The van der Waals surface area contributed by atoms with Crippen LogP contribution in [0.2, 0.25) is 0 Å². The molecule has 2 aliphatic heterocycles. The van der Waals surface area contributed by atoms with Crippen molar-refractivity contribution in [2.24, 2.45) is 11.5 Å². The molecule has 2 heterocycles. The Balaban J connectivity index is 2.15. The molecule has 68 valence electrons. The Kier molecular flexibility index (Phi) is 1.84. The van der Waals surface area contributed by atoms with E-state index in [2.05, 4.69) is 0 Å². The van der Waals surface area contributed by atoms with Crippen LogP contribution in [0.4, 0.5) is 0 Å². The van der Waals surface area contributed by atoms with Gasteiger partial charge in [0, 0.05) is 10.5 Å². The molecular weight excluding hydrogens is 172 g/mol. The SMILES string of the molecule is NC(=O)C1(N)CC2CCC(C1)S2. The summed E-state index contributed by atoms with van der Waals surface area (Å²) in [5.74, 6) is -0.320. The Hall–Kier alpha value is -0.220. The molecule has 4 heteroatoms. The van der Waals surface area contributed by atoms with Crippen molar-refractivity contribution in [3.63, 3.8) is 0 Å². The number of thioether (sulfide) groups is 1. The molecule has 2 saturated heterocycles. The van der Waals surface area contributed by atoms with E-state index >= 15 is 0 Å². The van der Waals surface area contributed by atoms with E-state index in [1.807, 2.05) is 11.8 Å². The second kappa shape index (κ2) is 2.64. The van der Waals surface area contributed by atoms with Crippen LogP contribution in [0.25, 0.3) is 0 Å². The molecule has 2 unspecified atom stereocenters. The molecule has 2 bridgehead atoms. The minimum Gasteiger partial charge on any atom is -0.368 e. The normalized spacial score (nSPS) is 46.1. The topological polar surface area (TPSA) is 69.1 Å². The molecule has 2 fully saturated rings. The zero-order chi connectivity index (χ0) is 8.77. The number of hydrogen-bond acceptors (Lipinski definition) is 3. The summed E-state index contributed by atoms with van der Waals surface area (Å²) < 4.78 is 0. The fraction of sp³-hybridized carbons (Fsp3) is 0.875. The first-order valence-electron chi connectivity index (χ1n) is 4.34. The number of rotatable bonds is 1. The smallest absolute Gasteiger partial charge is 0.237 e. The highest BCUT2D eigenvalue weighted by Crippen LogP contribution is 2.46. The predicted octanol–water partition coefficient (Wildman–Crippen LogP) is 0.227. The van der Waals surface area contributed by atoms with Gasteiger partial charge in [0.2, 0.25) is 5.91 Å². The van der Waals surface area contributed by atoms with Gasteiger partial charge in [-0.25, -0.2) is 0 Å². The van der Waals surface area contributed by atoms with E-state index in [0.29, 0.717) is 10.5 Å². The first-order valence-corrected chi connectivity index (χ1v) is 5.29. The largest absolute Gasteiger partial charge is 0.368 e. The number of carbonyl (C=O) groups excluding carboxylic acids is 1. The average molecular weight is 186 g/mol. The highest BCUT2D eigenvalue weighted by Gasteiger charge is 2.45. The van der Waals surface area contributed by atoms with Crippen molar-refractivity contribution in [1.82, 2.24) is 0 Å². The summed E-state index contributed by atoms with van der Waals surface area (Å²) in [5.41, 5.74) is 10.5. The van der Waals surface area contributed by atoms with Crippen molar-refractivity contribution >= 4 is 17.7 Å². The van der Waals surface area contributed by atoms with Gasteiger partial charge in [-0.1, -0.05) is 0 Å². The zero-order valence-electron chi connectivity index (χ0n) is 6.95. The van der Waals surface area contributed by atoms with E-state index in [-0.39, 0.29) is 5.91 Å². The van der Waals surface area contributed by atoms with E-state index in [4.69, 9.17) is 11.5 Å². The Labute approximate surface area is 76.2 Å². The van der Waals surface area contributed by atoms with Crippen LogP contribution in [0.15, 0.2) is 0 Å². The zero-order valence-corrected chi connectivity index (χ0v) is 7.77. The lowest BCUT2D eigenvalue weighted by Gasteiger charge is -2.34. The van der Waals surface area contributed by atoms with Gasteiger partial charge < -0.3 is 11.5 Å². The molecule has 3 nitrogen and oxygen atoms in total. The second-order valence-corrected chi connectivity index (χ2v) is 5.49. The molecule has 0 aromatic rings. The van der Waals surface area contributed by atoms with Gasteiger partial charge in [0.05, 0.1) is 5.54 Å². The van der Waals surface area contributed by atoms with Crippen molar-refractivity contribution in [1.29, 1.82) is 0 Å². The Morgan fingerprint density at radius 3 is 2.25 bits per heavy atom. The Morgan fingerprint density at radius 2 is 1.83 bits per heavy atom. The summed E-state index contributed by atoms with van der Waals surface area (Å²) in [4.78, 5) is 11.1. The van der Waals surface area contributed by atoms with Gasteiger partial charge in [-0.3, -0.25) is 4.79 Å². The van der Waals surface area contributed by atoms with Crippen LogP contribution in [0.3, 0.4) is 0 Å². The average Bonchev–Trinajstić information content (AvgIpc) is 2.30. The summed E-state index contributed by atoms with van der Waals surface area (Å²) >= 11 is 1.98. The predicted molar refractivity (Wildman–Crippen MR) is 49.7 cm³/mol. The summed E-state index contributed by atoms with van der Waals surface area (Å²) in [6.07, 6.45) is 3.98. The number of carbonyl (C=O) groups is 1. The Morgan fingerprint density at radius 1 is 1.33 bits per heavy atom. The van der Waals surface area contributed by atoms with Crippen molar-refractivity contribution in [3.8, 4) is 0 Å². The van der Waals surface area contributed by atoms with Crippen molar-refractivity contribution in [2.75, 3.05) is 0 Å². The second-order valence-electron chi connectivity index (χ2n) is 3.89. The maximum atomic E-state index is 11.1. The lowest BCUT2D eigenvalue weighted by atomic mass is 9.90. The summed E-state index contributed by atoms with van der Waals surface area (Å²) in [5, 5.41) is 1.17. The molecule has 0 aromatic heterocycles. The minimum absolute atomic E-state index is 0.320. The maximum Gasteiger partial charge on any atom is 0.237 e.